The number of amides is 1. The molecule has 2 unspecified atom stereocenters. The van der Waals surface area contributed by atoms with Crippen molar-refractivity contribution in [1.29, 1.82) is 0 Å². The van der Waals surface area contributed by atoms with Gasteiger partial charge < -0.3 is 4.90 Å². The van der Waals surface area contributed by atoms with E-state index in [1.807, 2.05) is 38.2 Å². The van der Waals surface area contributed by atoms with E-state index in [9.17, 15) is 4.79 Å². The molecule has 2 atom stereocenters. The lowest BCUT2D eigenvalue weighted by atomic mass is 9.86. The van der Waals surface area contributed by atoms with Gasteiger partial charge in [0.15, 0.2) is 0 Å². The zero-order chi connectivity index (χ0) is 12.4. The molecule has 1 aliphatic rings. The fraction of sp³-hybridized carbons (Fsp3) is 0.400. The summed E-state index contributed by atoms with van der Waals surface area (Å²) < 4.78 is 0. The van der Waals surface area contributed by atoms with Gasteiger partial charge in [-0.2, -0.15) is 0 Å². The predicted octanol–water partition coefficient (Wildman–Crippen LogP) is 3.03. The second-order valence-electron chi connectivity index (χ2n) is 4.80. The summed E-state index contributed by atoms with van der Waals surface area (Å²) in [5, 5.41) is 0. The molecule has 0 aromatic heterocycles. The Morgan fingerprint density at radius 2 is 2.18 bits per heavy atom. The van der Waals surface area contributed by atoms with Crippen molar-refractivity contribution in [3.8, 4) is 0 Å². The Bertz CT molecular complexity index is 438. The molecule has 0 bridgehead atoms. The van der Waals surface area contributed by atoms with Gasteiger partial charge in [-0.25, -0.2) is 0 Å². The van der Waals surface area contributed by atoms with Crippen LogP contribution in [0.1, 0.15) is 18.9 Å². The Hall–Kier alpha value is -1.57. The highest BCUT2D eigenvalue weighted by molar-refractivity contribution is 5.96. The first-order valence-corrected chi connectivity index (χ1v) is 6.11. The van der Waals surface area contributed by atoms with Crippen LogP contribution in [0.5, 0.6) is 0 Å². The number of hydrogen-bond acceptors (Lipinski definition) is 1. The number of carbonyl (C=O) groups excluding carboxylic acids is 1. The maximum absolute atomic E-state index is 12.3. The zero-order valence-corrected chi connectivity index (χ0v) is 10.5. The summed E-state index contributed by atoms with van der Waals surface area (Å²) in [6, 6.07) is 8.17. The van der Waals surface area contributed by atoms with Gasteiger partial charge in [0.05, 0.1) is 0 Å². The first-order chi connectivity index (χ1) is 8.15. The number of rotatable bonds is 2. The smallest absolute Gasteiger partial charge is 0.229 e. The topological polar surface area (TPSA) is 20.3 Å². The number of carbonyl (C=O) groups is 1. The molecule has 2 heteroatoms. The molecule has 1 amide bonds. The van der Waals surface area contributed by atoms with Gasteiger partial charge in [-0.3, -0.25) is 4.79 Å². The van der Waals surface area contributed by atoms with Gasteiger partial charge in [0.1, 0.15) is 0 Å². The van der Waals surface area contributed by atoms with Crippen LogP contribution in [0.4, 0.5) is 5.69 Å². The highest BCUT2D eigenvalue weighted by Gasteiger charge is 2.31. The van der Waals surface area contributed by atoms with Crippen molar-refractivity contribution in [2.24, 2.45) is 11.8 Å². The van der Waals surface area contributed by atoms with E-state index >= 15 is 0 Å². The lowest BCUT2D eigenvalue weighted by Gasteiger charge is -2.21. The van der Waals surface area contributed by atoms with E-state index in [1.54, 1.807) is 4.90 Å². The molecule has 0 saturated carbocycles. The molecule has 2 rings (SSSR count). The third-order valence-electron chi connectivity index (χ3n) is 3.73. The van der Waals surface area contributed by atoms with E-state index in [4.69, 9.17) is 0 Å². The minimum absolute atomic E-state index is 0.0606. The molecule has 0 aliphatic carbocycles. The van der Waals surface area contributed by atoms with Crippen molar-refractivity contribution < 1.29 is 4.79 Å². The summed E-state index contributed by atoms with van der Waals surface area (Å²) in [5.74, 6) is 0.637. The van der Waals surface area contributed by atoms with E-state index in [-0.39, 0.29) is 11.8 Å². The van der Waals surface area contributed by atoms with Crippen LogP contribution in [0, 0.1) is 11.8 Å². The van der Waals surface area contributed by atoms with Crippen molar-refractivity contribution in [1.82, 2.24) is 0 Å². The van der Waals surface area contributed by atoms with Gasteiger partial charge in [0, 0.05) is 18.7 Å². The molecule has 0 saturated heterocycles. The van der Waals surface area contributed by atoms with E-state index in [1.165, 1.54) is 5.56 Å². The van der Waals surface area contributed by atoms with Crippen LogP contribution >= 0.6 is 0 Å². The summed E-state index contributed by atoms with van der Waals surface area (Å²) in [5.41, 5.74) is 2.32. The summed E-state index contributed by atoms with van der Waals surface area (Å²) in [7, 11) is 1.87. The number of benzene rings is 1. The number of nitrogens with zero attached hydrogens (tertiary/aromatic N) is 1. The van der Waals surface area contributed by atoms with Crippen molar-refractivity contribution in [2.75, 3.05) is 11.9 Å². The Morgan fingerprint density at radius 3 is 2.88 bits per heavy atom. The maximum atomic E-state index is 12.3. The van der Waals surface area contributed by atoms with Gasteiger partial charge in [0.2, 0.25) is 5.91 Å². The molecule has 1 heterocycles. The number of allylic oxidation sites excluding steroid dienone is 1. The lowest BCUT2D eigenvalue weighted by molar-refractivity contribution is -0.122. The van der Waals surface area contributed by atoms with Crippen LogP contribution in [0.15, 0.2) is 36.9 Å². The van der Waals surface area contributed by atoms with Crippen LogP contribution in [0.3, 0.4) is 0 Å². The third kappa shape index (κ3) is 2.12. The summed E-state index contributed by atoms with van der Waals surface area (Å²) >= 11 is 0. The molecular formula is C15H19NO. The van der Waals surface area contributed by atoms with Crippen molar-refractivity contribution in [2.45, 2.75) is 19.8 Å². The second kappa shape index (κ2) is 4.74. The Labute approximate surface area is 103 Å². The largest absolute Gasteiger partial charge is 0.315 e. The monoisotopic (exact) mass is 229 g/mol. The van der Waals surface area contributed by atoms with Gasteiger partial charge >= 0.3 is 0 Å². The van der Waals surface area contributed by atoms with E-state index in [0.29, 0.717) is 5.92 Å². The van der Waals surface area contributed by atoms with Crippen LogP contribution in [-0.4, -0.2) is 13.0 Å². The third-order valence-corrected chi connectivity index (χ3v) is 3.73. The molecule has 0 radical (unpaired) electrons. The summed E-state index contributed by atoms with van der Waals surface area (Å²) in [4.78, 5) is 14.1. The SMILES string of the molecule is C=CCC1Cc2ccccc2N(C)C(=O)C1C. The predicted molar refractivity (Wildman–Crippen MR) is 71.0 cm³/mol. The first-order valence-electron chi connectivity index (χ1n) is 6.11. The van der Waals surface area contributed by atoms with E-state index in [0.717, 1.165) is 18.5 Å². The Morgan fingerprint density at radius 1 is 1.47 bits per heavy atom. The maximum Gasteiger partial charge on any atom is 0.229 e. The Balaban J connectivity index is 2.42. The van der Waals surface area contributed by atoms with Crippen LogP contribution in [0.2, 0.25) is 0 Å². The minimum atomic E-state index is 0.0606. The molecule has 90 valence electrons. The molecule has 17 heavy (non-hydrogen) atoms. The number of fused-ring (bicyclic) bond motifs is 1. The molecule has 0 fully saturated rings. The number of hydrogen-bond donors (Lipinski definition) is 0. The van der Waals surface area contributed by atoms with Crippen LogP contribution in [-0.2, 0) is 11.2 Å². The zero-order valence-electron chi connectivity index (χ0n) is 10.5. The Kier molecular flexibility index (Phi) is 3.32. The highest BCUT2D eigenvalue weighted by atomic mass is 16.2. The highest BCUT2D eigenvalue weighted by Crippen LogP contribution is 2.33. The van der Waals surface area contributed by atoms with E-state index < -0.39 is 0 Å². The second-order valence-corrected chi connectivity index (χ2v) is 4.80. The summed E-state index contributed by atoms with van der Waals surface area (Å²) in [6.45, 7) is 5.82. The molecule has 0 N–H and O–H groups in total. The lowest BCUT2D eigenvalue weighted by Crippen LogP contribution is -2.33. The van der Waals surface area contributed by atoms with Crippen molar-refractivity contribution in [3.63, 3.8) is 0 Å². The molecule has 1 aliphatic heterocycles. The van der Waals surface area contributed by atoms with Crippen molar-refractivity contribution >= 4 is 11.6 Å². The average Bonchev–Trinajstić information content (AvgIpc) is 2.43. The van der Waals surface area contributed by atoms with Gasteiger partial charge in [0.25, 0.3) is 0 Å². The quantitative estimate of drug-likeness (QED) is 0.714. The van der Waals surface area contributed by atoms with Crippen LogP contribution in [0.25, 0.3) is 0 Å². The standard InChI is InChI=1S/C15H19NO/c1-4-7-12-10-13-8-5-6-9-14(13)16(3)15(17)11(12)2/h4-6,8-9,11-12H,1,7,10H2,2-3H3. The first kappa shape index (κ1) is 11.9. The van der Waals surface area contributed by atoms with Gasteiger partial charge in [-0.05, 0) is 30.4 Å². The number of para-hydroxylation sites is 1. The van der Waals surface area contributed by atoms with E-state index in [2.05, 4.69) is 12.6 Å². The number of anilines is 1. The fourth-order valence-electron chi connectivity index (χ4n) is 2.60. The molecular weight excluding hydrogens is 210 g/mol. The molecule has 1 aromatic carbocycles. The fourth-order valence-corrected chi connectivity index (χ4v) is 2.60. The van der Waals surface area contributed by atoms with Crippen LogP contribution < -0.4 is 4.90 Å². The van der Waals surface area contributed by atoms with Gasteiger partial charge in [-0.1, -0.05) is 31.2 Å². The molecule has 2 nitrogen and oxygen atoms in total. The average molecular weight is 229 g/mol. The molecule has 1 aromatic rings. The van der Waals surface area contributed by atoms with Gasteiger partial charge in [-0.15, -0.1) is 6.58 Å². The normalized spacial score (nSPS) is 24.1. The minimum Gasteiger partial charge on any atom is -0.315 e. The van der Waals surface area contributed by atoms with Crippen molar-refractivity contribution in [3.05, 3.63) is 42.5 Å². The summed E-state index contributed by atoms with van der Waals surface area (Å²) in [6.07, 6.45) is 3.77. The molecule has 0 spiro atoms.